The van der Waals surface area contributed by atoms with E-state index < -0.39 is 0 Å². The summed E-state index contributed by atoms with van der Waals surface area (Å²) in [5, 5.41) is 0. The molecule has 2 rings (SSSR count). The Hall–Kier alpha value is -0.830. The minimum atomic E-state index is 0.450. The SMILES string of the molecule is Cc1nc(C(C)C)n2cccc(Br)c12. The number of rotatable bonds is 1. The van der Waals surface area contributed by atoms with Gasteiger partial charge in [-0.15, -0.1) is 0 Å². The van der Waals surface area contributed by atoms with Crippen molar-refractivity contribution in [1.82, 2.24) is 9.38 Å². The van der Waals surface area contributed by atoms with Crippen molar-refractivity contribution in [2.75, 3.05) is 0 Å². The zero-order valence-electron chi connectivity index (χ0n) is 8.58. The molecule has 0 fully saturated rings. The third-order valence-electron chi connectivity index (χ3n) is 2.33. The maximum Gasteiger partial charge on any atom is 0.116 e. The van der Waals surface area contributed by atoms with Gasteiger partial charge in [0.1, 0.15) is 5.82 Å². The number of imidazole rings is 1. The Kier molecular flexibility index (Phi) is 2.35. The summed E-state index contributed by atoms with van der Waals surface area (Å²) in [6.45, 7) is 6.37. The van der Waals surface area contributed by atoms with Gasteiger partial charge in [-0.1, -0.05) is 13.8 Å². The molecule has 0 aliphatic heterocycles. The van der Waals surface area contributed by atoms with Crippen LogP contribution in [0.3, 0.4) is 0 Å². The molecular formula is C11H13BrN2. The highest BCUT2D eigenvalue weighted by Crippen LogP contribution is 2.25. The highest BCUT2D eigenvalue weighted by atomic mass is 79.9. The third-order valence-corrected chi connectivity index (χ3v) is 2.97. The van der Waals surface area contributed by atoms with Gasteiger partial charge >= 0.3 is 0 Å². The van der Waals surface area contributed by atoms with E-state index >= 15 is 0 Å². The molecule has 0 radical (unpaired) electrons. The molecule has 0 aliphatic carbocycles. The molecule has 0 aromatic carbocycles. The van der Waals surface area contributed by atoms with Crippen LogP contribution in [-0.4, -0.2) is 9.38 Å². The molecule has 14 heavy (non-hydrogen) atoms. The number of hydrogen-bond donors (Lipinski definition) is 0. The van der Waals surface area contributed by atoms with E-state index in [9.17, 15) is 0 Å². The second-order valence-electron chi connectivity index (χ2n) is 3.78. The average molecular weight is 253 g/mol. The maximum absolute atomic E-state index is 4.58. The van der Waals surface area contributed by atoms with Gasteiger partial charge in [-0.25, -0.2) is 4.98 Å². The number of halogens is 1. The first-order chi connectivity index (χ1) is 6.61. The van der Waals surface area contributed by atoms with Crippen LogP contribution in [0.5, 0.6) is 0 Å². The van der Waals surface area contributed by atoms with Crippen LogP contribution >= 0.6 is 15.9 Å². The monoisotopic (exact) mass is 252 g/mol. The Morgan fingerprint density at radius 3 is 2.79 bits per heavy atom. The molecule has 0 spiro atoms. The lowest BCUT2D eigenvalue weighted by Crippen LogP contribution is -1.96. The molecule has 0 amide bonds. The molecule has 74 valence electrons. The minimum absolute atomic E-state index is 0.450. The molecule has 0 saturated heterocycles. The van der Waals surface area contributed by atoms with Crippen molar-refractivity contribution in [3.8, 4) is 0 Å². The van der Waals surface area contributed by atoms with Gasteiger partial charge in [0.05, 0.1) is 11.2 Å². The zero-order valence-corrected chi connectivity index (χ0v) is 10.2. The molecule has 0 aliphatic rings. The molecule has 0 unspecified atom stereocenters. The van der Waals surface area contributed by atoms with E-state index in [1.165, 1.54) is 5.52 Å². The van der Waals surface area contributed by atoms with Gasteiger partial charge in [0.2, 0.25) is 0 Å². The summed E-state index contributed by atoms with van der Waals surface area (Å²) in [6.07, 6.45) is 2.06. The van der Waals surface area contributed by atoms with Gasteiger partial charge in [-0.05, 0) is 35.0 Å². The molecule has 2 aromatic heterocycles. The highest BCUT2D eigenvalue weighted by Gasteiger charge is 2.12. The van der Waals surface area contributed by atoms with Crippen molar-refractivity contribution in [1.29, 1.82) is 0 Å². The van der Waals surface area contributed by atoms with Crippen molar-refractivity contribution in [2.24, 2.45) is 0 Å². The molecule has 2 nitrogen and oxygen atoms in total. The molecule has 2 heterocycles. The van der Waals surface area contributed by atoms with E-state index in [2.05, 4.69) is 45.4 Å². The van der Waals surface area contributed by atoms with E-state index in [1.54, 1.807) is 0 Å². The summed E-state index contributed by atoms with van der Waals surface area (Å²) in [6, 6.07) is 4.08. The zero-order chi connectivity index (χ0) is 10.3. The predicted octanol–water partition coefficient (Wildman–Crippen LogP) is 3.53. The van der Waals surface area contributed by atoms with Gasteiger partial charge in [0.25, 0.3) is 0 Å². The van der Waals surface area contributed by atoms with E-state index in [0.29, 0.717) is 5.92 Å². The number of fused-ring (bicyclic) bond motifs is 1. The van der Waals surface area contributed by atoms with Gasteiger partial charge in [-0.2, -0.15) is 0 Å². The van der Waals surface area contributed by atoms with Crippen LogP contribution in [0.4, 0.5) is 0 Å². The molecule has 0 bridgehead atoms. The number of nitrogens with zero attached hydrogens (tertiary/aromatic N) is 2. The fourth-order valence-corrected chi connectivity index (χ4v) is 2.34. The molecule has 0 atom stereocenters. The Labute approximate surface area is 92.1 Å². The highest BCUT2D eigenvalue weighted by molar-refractivity contribution is 9.10. The Bertz CT molecular complexity index is 471. The number of pyridine rings is 1. The normalized spacial score (nSPS) is 11.5. The molecule has 0 N–H and O–H groups in total. The van der Waals surface area contributed by atoms with Crippen molar-refractivity contribution < 1.29 is 0 Å². The largest absolute Gasteiger partial charge is 0.302 e. The average Bonchev–Trinajstić information content (AvgIpc) is 2.45. The Balaban J connectivity index is 2.84. The number of hydrogen-bond acceptors (Lipinski definition) is 1. The lowest BCUT2D eigenvalue weighted by Gasteiger charge is -2.04. The van der Waals surface area contributed by atoms with Gasteiger partial charge < -0.3 is 4.40 Å². The summed E-state index contributed by atoms with van der Waals surface area (Å²) in [5.41, 5.74) is 2.26. The van der Waals surface area contributed by atoms with E-state index in [4.69, 9.17) is 0 Å². The van der Waals surface area contributed by atoms with Crippen LogP contribution in [0.1, 0.15) is 31.3 Å². The third kappa shape index (κ3) is 1.36. The fourth-order valence-electron chi connectivity index (χ4n) is 1.71. The summed E-state index contributed by atoms with van der Waals surface area (Å²) >= 11 is 3.55. The van der Waals surface area contributed by atoms with Gasteiger partial charge in [0, 0.05) is 16.6 Å². The Morgan fingerprint density at radius 1 is 1.43 bits per heavy atom. The van der Waals surface area contributed by atoms with Crippen molar-refractivity contribution in [3.63, 3.8) is 0 Å². The predicted molar refractivity (Wildman–Crippen MR) is 61.7 cm³/mol. The van der Waals surface area contributed by atoms with Crippen LogP contribution in [0, 0.1) is 6.92 Å². The number of aromatic nitrogens is 2. The van der Waals surface area contributed by atoms with Crippen molar-refractivity contribution in [3.05, 3.63) is 34.3 Å². The second-order valence-corrected chi connectivity index (χ2v) is 4.64. The van der Waals surface area contributed by atoms with Crippen LogP contribution in [0.25, 0.3) is 5.52 Å². The summed E-state index contributed by atoms with van der Waals surface area (Å²) in [7, 11) is 0. The second kappa shape index (κ2) is 3.39. The van der Waals surface area contributed by atoms with Crippen LogP contribution in [0.2, 0.25) is 0 Å². The maximum atomic E-state index is 4.58. The number of aryl methyl sites for hydroxylation is 1. The first-order valence-electron chi connectivity index (χ1n) is 4.74. The molecule has 2 aromatic rings. The topological polar surface area (TPSA) is 17.3 Å². The Morgan fingerprint density at radius 2 is 2.14 bits per heavy atom. The fraction of sp³-hybridized carbons (Fsp3) is 0.364. The van der Waals surface area contributed by atoms with Crippen LogP contribution < -0.4 is 0 Å². The summed E-state index contributed by atoms with van der Waals surface area (Å²) in [4.78, 5) is 4.58. The van der Waals surface area contributed by atoms with Crippen LogP contribution in [0.15, 0.2) is 22.8 Å². The minimum Gasteiger partial charge on any atom is -0.302 e. The standard InChI is InChI=1S/C11H13BrN2/c1-7(2)11-13-8(3)10-9(12)5-4-6-14(10)11/h4-7H,1-3H3. The molecular weight excluding hydrogens is 240 g/mol. The summed E-state index contributed by atoms with van der Waals surface area (Å²) in [5.74, 6) is 1.57. The van der Waals surface area contributed by atoms with Gasteiger partial charge in [-0.3, -0.25) is 0 Å². The van der Waals surface area contributed by atoms with Crippen molar-refractivity contribution >= 4 is 21.4 Å². The molecule has 3 heteroatoms. The quantitative estimate of drug-likeness (QED) is 0.759. The first-order valence-corrected chi connectivity index (χ1v) is 5.53. The van der Waals surface area contributed by atoms with E-state index in [-0.39, 0.29) is 0 Å². The van der Waals surface area contributed by atoms with E-state index in [0.717, 1.165) is 16.0 Å². The lowest BCUT2D eigenvalue weighted by atomic mass is 10.2. The lowest BCUT2D eigenvalue weighted by molar-refractivity contribution is 0.768. The smallest absolute Gasteiger partial charge is 0.116 e. The van der Waals surface area contributed by atoms with Gasteiger partial charge in [0.15, 0.2) is 0 Å². The van der Waals surface area contributed by atoms with Crippen molar-refractivity contribution in [2.45, 2.75) is 26.7 Å². The summed E-state index contributed by atoms with van der Waals surface area (Å²) < 4.78 is 3.27. The first kappa shape index (κ1) is 9.71. The van der Waals surface area contributed by atoms with Crippen LogP contribution in [-0.2, 0) is 0 Å². The van der Waals surface area contributed by atoms with E-state index in [1.807, 2.05) is 19.1 Å². The molecule has 0 saturated carbocycles.